The largest absolute Gasteiger partial charge is 0.274 e. The number of hydrogen-bond donors (Lipinski definition) is 1. The van der Waals surface area contributed by atoms with Gasteiger partial charge in [-0.05, 0) is 61.8 Å². The summed E-state index contributed by atoms with van der Waals surface area (Å²) in [5, 5.41) is 5.94. The summed E-state index contributed by atoms with van der Waals surface area (Å²) in [6.07, 6.45) is 11.8. The maximum atomic E-state index is 13.7. The first-order valence-electron chi connectivity index (χ1n) is 10.8. The van der Waals surface area contributed by atoms with Gasteiger partial charge in [0.1, 0.15) is 4.83 Å². The monoisotopic (exact) mass is 440 g/mol. The standard InChI is InChI=1S/C23H25ClN4OS/c24-16-12-10-15(11-13-16)14-25-27-23-26-21-20(18-8-4-5-9-19(18)30-21)22(29)28(23)17-6-2-1-3-7-17/h10-14,17H,1-9H2,(H,26,27). The third-order valence-corrected chi connectivity index (χ3v) is 7.65. The fraction of sp³-hybridized carbons (Fsp3) is 0.435. The van der Waals surface area contributed by atoms with Crippen LogP contribution in [0.2, 0.25) is 5.02 Å². The average Bonchev–Trinajstić information content (AvgIpc) is 3.14. The Bertz CT molecular complexity index is 1140. The SMILES string of the molecule is O=c1c2c3c(sc2nc(NN=Cc2ccc(Cl)cc2)n1C1CCCCC1)CCCC3. The molecule has 0 amide bonds. The zero-order chi connectivity index (χ0) is 20.5. The summed E-state index contributed by atoms with van der Waals surface area (Å²) in [5.41, 5.74) is 5.37. The Balaban J connectivity index is 1.56. The molecule has 0 saturated heterocycles. The lowest BCUT2D eigenvalue weighted by Crippen LogP contribution is -2.29. The van der Waals surface area contributed by atoms with Gasteiger partial charge in [0.05, 0.1) is 11.6 Å². The molecule has 1 fully saturated rings. The van der Waals surface area contributed by atoms with Crippen LogP contribution in [-0.4, -0.2) is 15.8 Å². The quantitative estimate of drug-likeness (QED) is 0.403. The normalized spacial score (nSPS) is 17.5. The Morgan fingerprint density at radius 2 is 1.87 bits per heavy atom. The minimum atomic E-state index is 0.107. The van der Waals surface area contributed by atoms with E-state index in [9.17, 15) is 4.79 Å². The number of nitrogens with zero attached hydrogens (tertiary/aromatic N) is 3. The number of hydrazone groups is 1. The second kappa shape index (κ2) is 8.52. The summed E-state index contributed by atoms with van der Waals surface area (Å²) in [4.78, 5) is 20.8. The lowest BCUT2D eigenvalue weighted by atomic mass is 9.94. The zero-order valence-corrected chi connectivity index (χ0v) is 18.4. The molecule has 2 aliphatic rings. The predicted molar refractivity (Wildman–Crippen MR) is 125 cm³/mol. The molecule has 30 heavy (non-hydrogen) atoms. The van der Waals surface area contributed by atoms with E-state index in [1.807, 2.05) is 28.8 Å². The van der Waals surface area contributed by atoms with E-state index in [2.05, 4.69) is 10.5 Å². The van der Waals surface area contributed by atoms with Crippen molar-refractivity contribution >= 4 is 45.3 Å². The maximum absolute atomic E-state index is 13.7. The van der Waals surface area contributed by atoms with Gasteiger partial charge in [0, 0.05) is 15.9 Å². The minimum absolute atomic E-state index is 0.107. The first-order valence-corrected chi connectivity index (χ1v) is 12.0. The number of nitrogens with one attached hydrogen (secondary N) is 1. The second-order valence-electron chi connectivity index (χ2n) is 8.22. The Morgan fingerprint density at radius 3 is 2.67 bits per heavy atom. The van der Waals surface area contributed by atoms with Crippen LogP contribution in [0.15, 0.2) is 34.2 Å². The number of anilines is 1. The van der Waals surface area contributed by atoms with Gasteiger partial charge < -0.3 is 0 Å². The summed E-state index contributed by atoms with van der Waals surface area (Å²) in [5.74, 6) is 0.559. The van der Waals surface area contributed by atoms with Gasteiger partial charge >= 0.3 is 0 Å². The average molecular weight is 441 g/mol. The number of halogens is 1. The lowest BCUT2D eigenvalue weighted by Gasteiger charge is -2.25. The highest BCUT2D eigenvalue weighted by Gasteiger charge is 2.26. The van der Waals surface area contributed by atoms with Crippen molar-refractivity contribution in [3.05, 3.63) is 55.6 Å². The molecule has 2 aromatic heterocycles. The van der Waals surface area contributed by atoms with Crippen molar-refractivity contribution in [3.8, 4) is 0 Å². The molecule has 2 heterocycles. The summed E-state index contributed by atoms with van der Waals surface area (Å²) in [7, 11) is 0. The van der Waals surface area contributed by atoms with E-state index in [-0.39, 0.29) is 11.6 Å². The highest BCUT2D eigenvalue weighted by Crippen LogP contribution is 2.36. The van der Waals surface area contributed by atoms with Gasteiger partial charge in [0.15, 0.2) is 0 Å². The number of benzene rings is 1. The number of aromatic nitrogens is 2. The molecule has 0 atom stereocenters. The van der Waals surface area contributed by atoms with Crippen molar-refractivity contribution in [1.82, 2.24) is 9.55 Å². The highest BCUT2D eigenvalue weighted by atomic mass is 35.5. The maximum Gasteiger partial charge on any atom is 0.264 e. The van der Waals surface area contributed by atoms with E-state index < -0.39 is 0 Å². The van der Waals surface area contributed by atoms with Crippen molar-refractivity contribution in [2.45, 2.75) is 63.8 Å². The Kier molecular flexibility index (Phi) is 5.61. The minimum Gasteiger partial charge on any atom is -0.274 e. The molecular weight excluding hydrogens is 416 g/mol. The fourth-order valence-electron chi connectivity index (χ4n) is 4.69. The van der Waals surface area contributed by atoms with Crippen LogP contribution in [0.1, 0.15) is 67.0 Å². The molecule has 1 N–H and O–H groups in total. The molecule has 5 nitrogen and oxygen atoms in total. The number of fused-ring (bicyclic) bond motifs is 3. The van der Waals surface area contributed by atoms with Gasteiger partial charge in [-0.25, -0.2) is 10.4 Å². The predicted octanol–water partition coefficient (Wildman–Crippen LogP) is 5.94. The number of thiophene rings is 1. The van der Waals surface area contributed by atoms with Crippen molar-refractivity contribution in [2.24, 2.45) is 5.10 Å². The second-order valence-corrected chi connectivity index (χ2v) is 9.74. The molecule has 0 aliphatic heterocycles. The van der Waals surface area contributed by atoms with Gasteiger partial charge in [-0.1, -0.05) is 43.0 Å². The molecule has 1 saturated carbocycles. The molecular formula is C23H25ClN4OS. The van der Waals surface area contributed by atoms with Gasteiger partial charge in [-0.15, -0.1) is 11.3 Å². The topological polar surface area (TPSA) is 59.3 Å². The summed E-state index contributed by atoms with van der Waals surface area (Å²) < 4.78 is 1.89. The van der Waals surface area contributed by atoms with E-state index in [0.29, 0.717) is 11.0 Å². The van der Waals surface area contributed by atoms with E-state index in [4.69, 9.17) is 16.6 Å². The van der Waals surface area contributed by atoms with Crippen molar-refractivity contribution in [2.75, 3.05) is 5.43 Å². The number of hydrogen-bond acceptors (Lipinski definition) is 5. The molecule has 156 valence electrons. The Labute approximate surface area is 184 Å². The van der Waals surface area contributed by atoms with Crippen LogP contribution in [0.5, 0.6) is 0 Å². The Hall–Kier alpha value is -2.18. The van der Waals surface area contributed by atoms with Crippen LogP contribution in [-0.2, 0) is 12.8 Å². The Morgan fingerprint density at radius 1 is 1.10 bits per heavy atom. The third-order valence-electron chi connectivity index (χ3n) is 6.21. The summed E-state index contributed by atoms with van der Waals surface area (Å²) >= 11 is 7.64. The molecule has 0 bridgehead atoms. The lowest BCUT2D eigenvalue weighted by molar-refractivity contribution is 0.348. The van der Waals surface area contributed by atoms with E-state index in [1.165, 1.54) is 23.3 Å². The molecule has 5 rings (SSSR count). The molecule has 0 unspecified atom stereocenters. The third kappa shape index (κ3) is 3.79. The molecule has 2 aliphatic carbocycles. The molecule has 0 radical (unpaired) electrons. The smallest absolute Gasteiger partial charge is 0.264 e. The zero-order valence-electron chi connectivity index (χ0n) is 16.9. The van der Waals surface area contributed by atoms with Crippen LogP contribution in [0.4, 0.5) is 5.95 Å². The van der Waals surface area contributed by atoms with Gasteiger partial charge in [-0.3, -0.25) is 9.36 Å². The first kappa shape index (κ1) is 19.8. The number of aryl methyl sites for hydroxylation is 2. The van der Waals surface area contributed by atoms with Crippen molar-refractivity contribution < 1.29 is 0 Å². The van der Waals surface area contributed by atoms with Gasteiger partial charge in [0.25, 0.3) is 5.56 Å². The van der Waals surface area contributed by atoms with Crippen LogP contribution in [0.25, 0.3) is 10.2 Å². The fourth-order valence-corrected chi connectivity index (χ4v) is 6.07. The van der Waals surface area contributed by atoms with E-state index in [0.717, 1.165) is 60.7 Å². The first-order chi connectivity index (χ1) is 14.7. The van der Waals surface area contributed by atoms with Crippen molar-refractivity contribution in [3.63, 3.8) is 0 Å². The van der Waals surface area contributed by atoms with Crippen LogP contribution in [0.3, 0.4) is 0 Å². The van der Waals surface area contributed by atoms with E-state index in [1.54, 1.807) is 17.6 Å². The molecule has 1 aromatic carbocycles. The summed E-state index contributed by atoms with van der Waals surface area (Å²) in [6.45, 7) is 0. The molecule has 3 aromatic rings. The van der Waals surface area contributed by atoms with Crippen LogP contribution in [0, 0.1) is 0 Å². The molecule has 7 heteroatoms. The van der Waals surface area contributed by atoms with Crippen LogP contribution < -0.4 is 11.0 Å². The highest BCUT2D eigenvalue weighted by molar-refractivity contribution is 7.18. The molecule has 0 spiro atoms. The van der Waals surface area contributed by atoms with Gasteiger partial charge in [0.2, 0.25) is 5.95 Å². The van der Waals surface area contributed by atoms with Crippen molar-refractivity contribution in [1.29, 1.82) is 0 Å². The van der Waals surface area contributed by atoms with Gasteiger partial charge in [-0.2, -0.15) is 5.10 Å². The van der Waals surface area contributed by atoms with E-state index >= 15 is 0 Å². The summed E-state index contributed by atoms with van der Waals surface area (Å²) in [6, 6.07) is 7.68. The number of rotatable bonds is 4. The van der Waals surface area contributed by atoms with Crippen LogP contribution >= 0.6 is 22.9 Å².